The normalized spacial score (nSPS) is 24.3. The lowest BCUT2D eigenvalue weighted by molar-refractivity contribution is -0.00425. The molecule has 2 aromatic carbocycles. The molecule has 0 unspecified atom stereocenters. The van der Waals surface area contributed by atoms with Gasteiger partial charge in [-0.15, -0.1) is 0 Å². The SMILES string of the molecule is COc1cc([C@@H]2c3cc4c(cc3[C@H](O)[C@H](CO)[C@@H]2CO)OCO4)cc(OC)c1OC. The standard InChI is InChI=1S/C22H26O8/c1-26-18-4-11(5-19(27-2)22(18)28-3)20-12-6-16-17(30-10-29-16)7-13(12)21(25)15(9-24)14(20)8-23/h4-7,14-15,20-21,23-25H,8-10H2,1-3H3/t14-,15+,20+,21-/m0/s1. The lowest BCUT2D eigenvalue weighted by Gasteiger charge is -2.41. The zero-order valence-corrected chi connectivity index (χ0v) is 17.1. The van der Waals surface area contributed by atoms with E-state index in [9.17, 15) is 15.3 Å². The number of hydrogen-bond donors (Lipinski definition) is 3. The van der Waals surface area contributed by atoms with Crippen molar-refractivity contribution < 1.29 is 39.0 Å². The highest BCUT2D eigenvalue weighted by Crippen LogP contribution is 2.53. The van der Waals surface area contributed by atoms with Crippen molar-refractivity contribution in [3.8, 4) is 28.7 Å². The van der Waals surface area contributed by atoms with E-state index in [2.05, 4.69) is 0 Å². The quantitative estimate of drug-likeness (QED) is 0.653. The first-order valence-electron chi connectivity index (χ1n) is 9.71. The molecular formula is C22H26O8. The van der Waals surface area contributed by atoms with Gasteiger partial charge in [0.25, 0.3) is 0 Å². The Morgan fingerprint density at radius 1 is 0.833 bits per heavy atom. The van der Waals surface area contributed by atoms with Gasteiger partial charge in [-0.1, -0.05) is 0 Å². The third-order valence-electron chi connectivity index (χ3n) is 6.08. The van der Waals surface area contributed by atoms with Crippen molar-refractivity contribution in [2.75, 3.05) is 41.3 Å². The average Bonchev–Trinajstić information content (AvgIpc) is 3.24. The molecule has 0 aromatic heterocycles. The van der Waals surface area contributed by atoms with Crippen LogP contribution in [0.15, 0.2) is 24.3 Å². The maximum absolute atomic E-state index is 11.0. The summed E-state index contributed by atoms with van der Waals surface area (Å²) in [5.41, 5.74) is 2.24. The number of methoxy groups -OCH3 is 3. The van der Waals surface area contributed by atoms with Crippen LogP contribution in [0.3, 0.4) is 0 Å². The number of rotatable bonds is 6. The van der Waals surface area contributed by atoms with E-state index in [1.807, 2.05) is 18.2 Å². The molecular weight excluding hydrogens is 392 g/mol. The minimum Gasteiger partial charge on any atom is -0.493 e. The molecule has 3 N–H and O–H groups in total. The van der Waals surface area contributed by atoms with Gasteiger partial charge in [-0.2, -0.15) is 0 Å². The van der Waals surface area contributed by atoms with Gasteiger partial charge in [-0.05, 0) is 41.0 Å². The summed E-state index contributed by atoms with van der Waals surface area (Å²) in [6.45, 7) is -0.394. The Bertz CT molecular complexity index is 903. The van der Waals surface area contributed by atoms with Gasteiger partial charge in [0.05, 0.1) is 27.4 Å². The molecule has 4 rings (SSSR count). The highest BCUT2D eigenvalue weighted by Gasteiger charge is 2.44. The van der Waals surface area contributed by atoms with Crippen molar-refractivity contribution in [1.82, 2.24) is 0 Å². The van der Waals surface area contributed by atoms with E-state index in [-0.39, 0.29) is 25.9 Å². The van der Waals surface area contributed by atoms with Crippen LogP contribution in [0, 0.1) is 11.8 Å². The molecule has 0 spiro atoms. The van der Waals surface area contributed by atoms with Crippen molar-refractivity contribution in [2.24, 2.45) is 11.8 Å². The molecule has 2 aliphatic rings. The Morgan fingerprint density at radius 2 is 1.40 bits per heavy atom. The minimum atomic E-state index is -0.949. The van der Waals surface area contributed by atoms with Crippen LogP contribution < -0.4 is 23.7 Å². The van der Waals surface area contributed by atoms with E-state index in [1.54, 1.807) is 6.07 Å². The Labute approximate surface area is 174 Å². The second kappa shape index (κ2) is 8.22. The molecule has 8 nitrogen and oxygen atoms in total. The van der Waals surface area contributed by atoms with Gasteiger partial charge in [0.1, 0.15) is 0 Å². The molecule has 162 valence electrons. The zero-order chi connectivity index (χ0) is 21.4. The van der Waals surface area contributed by atoms with Gasteiger partial charge in [0, 0.05) is 31.0 Å². The summed E-state index contributed by atoms with van der Waals surface area (Å²) < 4.78 is 27.5. The zero-order valence-electron chi connectivity index (χ0n) is 17.1. The molecule has 0 saturated heterocycles. The summed E-state index contributed by atoms with van der Waals surface area (Å²) in [7, 11) is 4.61. The van der Waals surface area contributed by atoms with Crippen LogP contribution in [0.4, 0.5) is 0 Å². The first-order valence-corrected chi connectivity index (χ1v) is 9.71. The van der Waals surface area contributed by atoms with Gasteiger partial charge in [0.2, 0.25) is 12.5 Å². The molecule has 8 heteroatoms. The van der Waals surface area contributed by atoms with E-state index in [1.165, 1.54) is 21.3 Å². The van der Waals surface area contributed by atoms with Gasteiger partial charge >= 0.3 is 0 Å². The summed E-state index contributed by atoms with van der Waals surface area (Å²) in [6.07, 6.45) is -0.949. The maximum Gasteiger partial charge on any atom is 0.231 e. The third kappa shape index (κ3) is 3.12. The number of ether oxygens (including phenoxy) is 5. The van der Waals surface area contributed by atoms with Crippen LogP contribution in [-0.4, -0.2) is 56.7 Å². The van der Waals surface area contributed by atoms with E-state index in [0.717, 1.165) is 11.1 Å². The van der Waals surface area contributed by atoms with E-state index in [0.29, 0.717) is 34.3 Å². The number of benzene rings is 2. The van der Waals surface area contributed by atoms with E-state index in [4.69, 9.17) is 23.7 Å². The molecule has 1 aliphatic heterocycles. The van der Waals surface area contributed by atoms with E-state index >= 15 is 0 Å². The predicted octanol–water partition coefficient (Wildman–Crippen LogP) is 1.84. The smallest absolute Gasteiger partial charge is 0.231 e. The Balaban J connectivity index is 1.95. The van der Waals surface area contributed by atoms with Crippen LogP contribution in [-0.2, 0) is 0 Å². The number of aliphatic hydroxyl groups is 3. The molecule has 0 saturated carbocycles. The molecule has 0 bridgehead atoms. The van der Waals surface area contributed by atoms with E-state index < -0.39 is 17.9 Å². The van der Waals surface area contributed by atoms with Crippen molar-refractivity contribution >= 4 is 0 Å². The van der Waals surface area contributed by atoms with Gasteiger partial charge in [-0.3, -0.25) is 0 Å². The van der Waals surface area contributed by atoms with Gasteiger partial charge < -0.3 is 39.0 Å². The lowest BCUT2D eigenvalue weighted by Crippen LogP contribution is -2.38. The van der Waals surface area contributed by atoms with Crippen LogP contribution in [0.2, 0.25) is 0 Å². The molecule has 0 fully saturated rings. The largest absolute Gasteiger partial charge is 0.493 e. The van der Waals surface area contributed by atoms with Crippen LogP contribution in [0.25, 0.3) is 0 Å². The third-order valence-corrected chi connectivity index (χ3v) is 6.08. The average molecular weight is 418 g/mol. The van der Waals surface area contributed by atoms with Gasteiger partial charge in [0.15, 0.2) is 23.0 Å². The fourth-order valence-electron chi connectivity index (χ4n) is 4.63. The molecule has 2 aromatic rings. The van der Waals surface area contributed by atoms with Crippen molar-refractivity contribution in [3.05, 3.63) is 41.0 Å². The summed E-state index contributed by atoms with van der Waals surface area (Å²) >= 11 is 0. The number of hydrogen-bond acceptors (Lipinski definition) is 8. The number of aliphatic hydroxyl groups excluding tert-OH is 3. The number of fused-ring (bicyclic) bond motifs is 2. The fourth-order valence-corrected chi connectivity index (χ4v) is 4.63. The Kier molecular flexibility index (Phi) is 5.64. The summed E-state index contributed by atoms with van der Waals surface area (Å²) in [6, 6.07) is 7.25. The summed E-state index contributed by atoms with van der Waals surface area (Å²) in [5.74, 6) is 1.20. The molecule has 30 heavy (non-hydrogen) atoms. The highest BCUT2D eigenvalue weighted by atomic mass is 16.7. The molecule has 0 amide bonds. The first-order chi connectivity index (χ1) is 14.6. The summed E-state index contributed by atoms with van der Waals surface area (Å²) in [4.78, 5) is 0. The van der Waals surface area contributed by atoms with Crippen molar-refractivity contribution in [3.63, 3.8) is 0 Å². The second-order valence-electron chi connectivity index (χ2n) is 7.41. The van der Waals surface area contributed by atoms with Crippen molar-refractivity contribution in [2.45, 2.75) is 12.0 Å². The Hall–Kier alpha value is -2.68. The highest BCUT2D eigenvalue weighted by molar-refractivity contribution is 5.59. The second-order valence-corrected chi connectivity index (χ2v) is 7.41. The maximum atomic E-state index is 11.0. The minimum absolute atomic E-state index is 0.107. The Morgan fingerprint density at radius 3 is 1.90 bits per heavy atom. The van der Waals surface area contributed by atoms with Gasteiger partial charge in [-0.25, -0.2) is 0 Å². The van der Waals surface area contributed by atoms with Crippen LogP contribution >= 0.6 is 0 Å². The molecule has 4 atom stereocenters. The van der Waals surface area contributed by atoms with Crippen molar-refractivity contribution in [1.29, 1.82) is 0 Å². The predicted molar refractivity (Wildman–Crippen MR) is 107 cm³/mol. The van der Waals surface area contributed by atoms with Crippen LogP contribution in [0.5, 0.6) is 28.7 Å². The molecule has 1 aliphatic carbocycles. The molecule has 0 radical (unpaired) electrons. The molecule has 1 heterocycles. The fraction of sp³-hybridized carbons (Fsp3) is 0.455. The lowest BCUT2D eigenvalue weighted by atomic mass is 9.65. The monoisotopic (exact) mass is 418 g/mol. The van der Waals surface area contributed by atoms with Crippen LogP contribution in [0.1, 0.15) is 28.7 Å². The topological polar surface area (TPSA) is 107 Å². The summed E-state index contributed by atoms with van der Waals surface area (Å²) in [5, 5.41) is 31.2. The first kappa shape index (κ1) is 20.6.